The summed E-state index contributed by atoms with van der Waals surface area (Å²) in [6.45, 7) is 4.30. The predicted octanol–water partition coefficient (Wildman–Crippen LogP) is 2.81. The number of aromatic nitrogens is 1. The van der Waals surface area contributed by atoms with E-state index in [1.54, 1.807) is 13.2 Å². The van der Waals surface area contributed by atoms with Crippen molar-refractivity contribution >= 4 is 23.3 Å². The van der Waals surface area contributed by atoms with Crippen molar-refractivity contribution < 1.29 is 9.53 Å². The van der Waals surface area contributed by atoms with Crippen LogP contribution in [0.3, 0.4) is 0 Å². The van der Waals surface area contributed by atoms with Crippen LogP contribution >= 0.6 is 11.6 Å². The summed E-state index contributed by atoms with van der Waals surface area (Å²) >= 11 is 6.14. The van der Waals surface area contributed by atoms with Gasteiger partial charge in [-0.25, -0.2) is 4.98 Å². The topological polar surface area (TPSA) is 54.5 Å². The number of likely N-dealkylation sites (tertiary alicyclic amines) is 1. The molecular weight excluding hydrogens is 290 g/mol. The number of amides is 1. The molecule has 1 aliphatic heterocycles. The molecule has 6 heteroatoms. The Bertz CT molecular complexity index is 488. The second-order valence-corrected chi connectivity index (χ2v) is 5.61. The lowest BCUT2D eigenvalue weighted by molar-refractivity contribution is 0.0351. The summed E-state index contributed by atoms with van der Waals surface area (Å²) in [5.74, 6) is 0.660. The van der Waals surface area contributed by atoms with E-state index in [2.05, 4.69) is 17.2 Å². The fourth-order valence-electron chi connectivity index (χ4n) is 2.42. The van der Waals surface area contributed by atoms with Crippen molar-refractivity contribution in [3.8, 4) is 0 Å². The molecule has 0 unspecified atom stereocenters. The largest absolute Gasteiger partial charge is 0.381 e. The van der Waals surface area contributed by atoms with Crippen LogP contribution in [-0.2, 0) is 4.74 Å². The molecule has 1 fully saturated rings. The van der Waals surface area contributed by atoms with E-state index in [4.69, 9.17) is 16.3 Å². The Morgan fingerprint density at radius 1 is 1.52 bits per heavy atom. The number of ether oxygens (including phenoxy) is 1. The summed E-state index contributed by atoms with van der Waals surface area (Å²) in [6.07, 6.45) is 4.52. The summed E-state index contributed by atoms with van der Waals surface area (Å²) in [7, 11) is 1.72. The summed E-state index contributed by atoms with van der Waals surface area (Å²) in [5.41, 5.74) is 0.515. The molecule has 116 valence electrons. The minimum absolute atomic E-state index is 0.0310. The number of piperidine rings is 1. The molecule has 1 aromatic heterocycles. The van der Waals surface area contributed by atoms with Gasteiger partial charge in [0.25, 0.3) is 5.91 Å². The minimum Gasteiger partial charge on any atom is -0.381 e. The van der Waals surface area contributed by atoms with Gasteiger partial charge in [0.15, 0.2) is 0 Å². The van der Waals surface area contributed by atoms with Gasteiger partial charge in [-0.05, 0) is 25.3 Å². The normalized spacial score (nSPS) is 16.0. The van der Waals surface area contributed by atoms with Crippen LogP contribution in [0.1, 0.15) is 36.5 Å². The zero-order valence-corrected chi connectivity index (χ0v) is 13.3. The molecule has 21 heavy (non-hydrogen) atoms. The molecule has 1 aromatic rings. The standard InChI is InChI=1S/C15H22ClN3O2/c1-3-6-17-14-9-12(13(16)10-18-14)15(20)19-7-4-11(21-2)5-8-19/h9-11H,3-8H2,1-2H3,(H,17,18). The van der Waals surface area contributed by atoms with Crippen molar-refractivity contribution in [2.45, 2.75) is 32.3 Å². The molecule has 1 N–H and O–H groups in total. The van der Waals surface area contributed by atoms with Gasteiger partial charge >= 0.3 is 0 Å². The van der Waals surface area contributed by atoms with E-state index in [1.165, 1.54) is 6.20 Å². The maximum atomic E-state index is 12.6. The Balaban J connectivity index is 2.07. The van der Waals surface area contributed by atoms with Gasteiger partial charge in [0, 0.05) is 32.9 Å². The fourth-order valence-corrected chi connectivity index (χ4v) is 2.60. The number of nitrogens with one attached hydrogen (secondary N) is 1. The molecule has 1 saturated heterocycles. The first-order valence-electron chi connectivity index (χ1n) is 7.37. The van der Waals surface area contributed by atoms with E-state index in [-0.39, 0.29) is 12.0 Å². The van der Waals surface area contributed by atoms with E-state index in [0.29, 0.717) is 29.5 Å². The minimum atomic E-state index is -0.0310. The summed E-state index contributed by atoms with van der Waals surface area (Å²) in [5, 5.41) is 3.57. The Morgan fingerprint density at radius 3 is 2.86 bits per heavy atom. The van der Waals surface area contributed by atoms with Gasteiger partial charge in [-0.15, -0.1) is 0 Å². The zero-order valence-electron chi connectivity index (χ0n) is 12.6. The lowest BCUT2D eigenvalue weighted by Crippen LogP contribution is -2.40. The van der Waals surface area contributed by atoms with Crippen molar-refractivity contribution in [1.82, 2.24) is 9.88 Å². The number of methoxy groups -OCH3 is 1. The van der Waals surface area contributed by atoms with Crippen LogP contribution in [0.15, 0.2) is 12.3 Å². The van der Waals surface area contributed by atoms with Crippen LogP contribution in [0.25, 0.3) is 0 Å². The maximum absolute atomic E-state index is 12.6. The fraction of sp³-hybridized carbons (Fsp3) is 0.600. The molecule has 1 amide bonds. The number of hydrogen-bond donors (Lipinski definition) is 1. The number of carbonyl (C=O) groups is 1. The quantitative estimate of drug-likeness (QED) is 0.908. The van der Waals surface area contributed by atoms with Crippen LogP contribution in [0, 0.1) is 0 Å². The van der Waals surface area contributed by atoms with Gasteiger partial charge in [0.05, 0.1) is 16.7 Å². The monoisotopic (exact) mass is 311 g/mol. The number of hydrogen-bond acceptors (Lipinski definition) is 4. The van der Waals surface area contributed by atoms with Crippen molar-refractivity contribution in [3.63, 3.8) is 0 Å². The molecule has 0 saturated carbocycles. The van der Waals surface area contributed by atoms with Gasteiger partial charge in [0.1, 0.15) is 5.82 Å². The highest BCUT2D eigenvalue weighted by Gasteiger charge is 2.25. The molecule has 2 rings (SSSR count). The van der Waals surface area contributed by atoms with E-state index in [9.17, 15) is 4.79 Å². The number of anilines is 1. The Labute approximate surface area is 130 Å². The van der Waals surface area contributed by atoms with Gasteiger partial charge in [-0.2, -0.15) is 0 Å². The van der Waals surface area contributed by atoms with Crippen LogP contribution in [-0.4, -0.2) is 48.6 Å². The highest BCUT2D eigenvalue weighted by Crippen LogP contribution is 2.22. The number of rotatable bonds is 5. The van der Waals surface area contributed by atoms with Gasteiger partial charge in [-0.1, -0.05) is 18.5 Å². The van der Waals surface area contributed by atoms with E-state index < -0.39 is 0 Å². The third-order valence-electron chi connectivity index (χ3n) is 3.70. The molecular formula is C15H22ClN3O2. The molecule has 0 spiro atoms. The van der Waals surface area contributed by atoms with E-state index >= 15 is 0 Å². The molecule has 5 nitrogen and oxygen atoms in total. The maximum Gasteiger partial charge on any atom is 0.255 e. The first-order chi connectivity index (χ1) is 10.2. The molecule has 0 aromatic carbocycles. The summed E-state index contributed by atoms with van der Waals surface area (Å²) in [4.78, 5) is 18.6. The molecule has 0 bridgehead atoms. The zero-order chi connectivity index (χ0) is 15.2. The second-order valence-electron chi connectivity index (χ2n) is 5.20. The predicted molar refractivity (Wildman–Crippen MR) is 84.0 cm³/mol. The van der Waals surface area contributed by atoms with Crippen LogP contribution < -0.4 is 5.32 Å². The second kappa shape index (κ2) is 7.61. The van der Waals surface area contributed by atoms with E-state index in [1.807, 2.05) is 4.90 Å². The molecule has 2 heterocycles. The van der Waals surface area contributed by atoms with Gasteiger partial charge < -0.3 is 15.0 Å². The Kier molecular flexibility index (Phi) is 5.82. The average Bonchev–Trinajstić information content (AvgIpc) is 2.53. The Hall–Kier alpha value is -1.33. The summed E-state index contributed by atoms with van der Waals surface area (Å²) in [6, 6.07) is 1.74. The highest BCUT2D eigenvalue weighted by atomic mass is 35.5. The SMILES string of the molecule is CCCNc1cc(C(=O)N2CCC(OC)CC2)c(Cl)cn1. The first kappa shape index (κ1) is 16.0. The molecule has 0 atom stereocenters. The van der Waals surface area contributed by atoms with Crippen molar-refractivity contribution in [2.75, 3.05) is 32.1 Å². The molecule has 0 radical (unpaired) electrons. The van der Waals surface area contributed by atoms with Crippen molar-refractivity contribution in [3.05, 3.63) is 22.8 Å². The van der Waals surface area contributed by atoms with Crippen LogP contribution in [0.5, 0.6) is 0 Å². The van der Waals surface area contributed by atoms with Crippen molar-refractivity contribution in [2.24, 2.45) is 0 Å². The van der Waals surface area contributed by atoms with Gasteiger partial charge in [0.2, 0.25) is 0 Å². The third kappa shape index (κ3) is 4.08. The van der Waals surface area contributed by atoms with Gasteiger partial charge in [-0.3, -0.25) is 4.79 Å². The number of carbonyl (C=O) groups excluding carboxylic acids is 1. The average molecular weight is 312 g/mol. The number of nitrogens with zero attached hydrogens (tertiary/aromatic N) is 2. The van der Waals surface area contributed by atoms with Crippen LogP contribution in [0.2, 0.25) is 5.02 Å². The van der Waals surface area contributed by atoms with Crippen LogP contribution in [0.4, 0.5) is 5.82 Å². The lowest BCUT2D eigenvalue weighted by Gasteiger charge is -2.31. The molecule has 0 aliphatic carbocycles. The number of pyridine rings is 1. The van der Waals surface area contributed by atoms with Crippen molar-refractivity contribution in [1.29, 1.82) is 0 Å². The first-order valence-corrected chi connectivity index (χ1v) is 7.75. The van der Waals surface area contributed by atoms with E-state index in [0.717, 1.165) is 25.8 Å². The number of halogens is 1. The molecule has 1 aliphatic rings. The summed E-state index contributed by atoms with van der Waals surface area (Å²) < 4.78 is 5.33. The lowest BCUT2D eigenvalue weighted by atomic mass is 10.1. The highest BCUT2D eigenvalue weighted by molar-refractivity contribution is 6.33. The Morgan fingerprint density at radius 2 is 2.24 bits per heavy atom. The smallest absolute Gasteiger partial charge is 0.255 e. The third-order valence-corrected chi connectivity index (χ3v) is 4.01.